The van der Waals surface area contributed by atoms with Crippen molar-refractivity contribution < 1.29 is 8.42 Å². The van der Waals surface area contributed by atoms with Crippen LogP contribution < -0.4 is 0 Å². The molecule has 0 saturated carbocycles. The molecule has 1 aliphatic heterocycles. The van der Waals surface area contributed by atoms with E-state index in [4.69, 9.17) is 12.2 Å². The number of hydrogen-bond acceptors (Lipinski definition) is 5. The average Bonchev–Trinajstić information content (AvgIpc) is 2.94. The van der Waals surface area contributed by atoms with Gasteiger partial charge < -0.3 is 4.57 Å². The maximum atomic E-state index is 13.2. The fourth-order valence-electron chi connectivity index (χ4n) is 3.69. The third-order valence-electron chi connectivity index (χ3n) is 5.01. The lowest BCUT2D eigenvalue weighted by molar-refractivity contribution is 0.144. The van der Waals surface area contributed by atoms with E-state index in [0.717, 1.165) is 23.2 Å². The third-order valence-corrected chi connectivity index (χ3v) is 7.66. The molecular formula is C18H27N5O2S2. The summed E-state index contributed by atoms with van der Waals surface area (Å²) in [6, 6.07) is 3.86. The lowest BCUT2D eigenvalue weighted by atomic mass is 10.1. The standard InChI is InChI=1S/C18H27N5O2S2/c1-5-21-12-19-23(18(21)26)13-20-6-8-22(9-7-20)27(24,25)17-15(3)10-14(2)11-16(17)4/h10-12H,5-9,13H2,1-4H3. The second-order valence-corrected chi connectivity index (χ2v) is 9.33. The van der Waals surface area contributed by atoms with Crippen LogP contribution >= 0.6 is 12.2 Å². The molecule has 2 heterocycles. The van der Waals surface area contributed by atoms with Gasteiger partial charge in [-0.1, -0.05) is 17.7 Å². The lowest BCUT2D eigenvalue weighted by Crippen LogP contribution is -2.49. The van der Waals surface area contributed by atoms with Crippen LogP contribution in [0.5, 0.6) is 0 Å². The molecule has 1 fully saturated rings. The highest BCUT2D eigenvalue weighted by molar-refractivity contribution is 7.89. The Morgan fingerprint density at radius 1 is 1.07 bits per heavy atom. The van der Waals surface area contributed by atoms with Gasteiger partial charge in [-0.2, -0.15) is 9.40 Å². The molecular weight excluding hydrogens is 382 g/mol. The molecule has 0 amide bonds. The highest BCUT2D eigenvalue weighted by Crippen LogP contribution is 2.26. The first-order chi connectivity index (χ1) is 12.7. The summed E-state index contributed by atoms with van der Waals surface area (Å²) in [7, 11) is -3.48. The van der Waals surface area contributed by atoms with Crippen molar-refractivity contribution in [2.45, 2.75) is 45.8 Å². The van der Waals surface area contributed by atoms with Gasteiger partial charge in [-0.05, 0) is 51.0 Å². The van der Waals surface area contributed by atoms with Crippen LogP contribution in [0.25, 0.3) is 0 Å². The molecule has 0 aliphatic carbocycles. The zero-order valence-corrected chi connectivity index (χ0v) is 18.0. The Kier molecular flexibility index (Phi) is 5.85. The van der Waals surface area contributed by atoms with E-state index in [1.165, 1.54) is 0 Å². The fraction of sp³-hybridized carbons (Fsp3) is 0.556. The van der Waals surface area contributed by atoms with Gasteiger partial charge in [-0.3, -0.25) is 4.90 Å². The number of rotatable bonds is 5. The summed E-state index contributed by atoms with van der Waals surface area (Å²) in [6.07, 6.45) is 1.74. The van der Waals surface area contributed by atoms with Crippen molar-refractivity contribution in [2.24, 2.45) is 0 Å². The van der Waals surface area contributed by atoms with Gasteiger partial charge in [0, 0.05) is 32.7 Å². The van der Waals surface area contributed by atoms with Crippen LogP contribution in [0.2, 0.25) is 0 Å². The van der Waals surface area contributed by atoms with Gasteiger partial charge in [-0.25, -0.2) is 13.1 Å². The number of piperazine rings is 1. The predicted molar refractivity (Wildman–Crippen MR) is 108 cm³/mol. The van der Waals surface area contributed by atoms with E-state index >= 15 is 0 Å². The van der Waals surface area contributed by atoms with Crippen molar-refractivity contribution >= 4 is 22.2 Å². The largest absolute Gasteiger partial charge is 0.307 e. The summed E-state index contributed by atoms with van der Waals surface area (Å²) in [6.45, 7) is 11.4. The van der Waals surface area contributed by atoms with Crippen LogP contribution in [0.1, 0.15) is 23.6 Å². The molecule has 148 valence electrons. The average molecular weight is 410 g/mol. The Labute approximate surface area is 166 Å². The zero-order chi connectivity index (χ0) is 19.8. The number of hydrogen-bond donors (Lipinski definition) is 0. The maximum absolute atomic E-state index is 13.2. The van der Waals surface area contributed by atoms with E-state index in [9.17, 15) is 8.42 Å². The van der Waals surface area contributed by atoms with Crippen molar-refractivity contribution in [3.8, 4) is 0 Å². The van der Waals surface area contributed by atoms with E-state index in [-0.39, 0.29) is 0 Å². The Bertz CT molecular complexity index is 962. The first-order valence-electron chi connectivity index (χ1n) is 9.16. The monoisotopic (exact) mass is 409 g/mol. The summed E-state index contributed by atoms with van der Waals surface area (Å²) >= 11 is 5.41. The number of sulfonamides is 1. The Morgan fingerprint density at radius 2 is 1.67 bits per heavy atom. The van der Waals surface area contributed by atoms with Crippen molar-refractivity contribution in [1.29, 1.82) is 0 Å². The summed E-state index contributed by atoms with van der Waals surface area (Å²) in [5.41, 5.74) is 2.70. The first-order valence-corrected chi connectivity index (χ1v) is 11.0. The van der Waals surface area contributed by atoms with Gasteiger partial charge in [0.2, 0.25) is 10.0 Å². The van der Waals surface area contributed by atoms with Crippen LogP contribution in [-0.2, 0) is 23.2 Å². The Hall–Kier alpha value is -1.55. The SMILES string of the molecule is CCn1cnn(CN2CCN(S(=O)(=O)c3c(C)cc(C)cc3C)CC2)c1=S. The molecule has 1 aromatic heterocycles. The summed E-state index contributed by atoms with van der Waals surface area (Å²) in [5.74, 6) is 0. The Morgan fingerprint density at radius 3 is 2.19 bits per heavy atom. The summed E-state index contributed by atoms with van der Waals surface area (Å²) in [4.78, 5) is 2.63. The molecule has 0 N–H and O–H groups in total. The van der Waals surface area contributed by atoms with Crippen molar-refractivity contribution in [2.75, 3.05) is 26.2 Å². The quantitative estimate of drug-likeness (QED) is 0.709. The molecule has 1 saturated heterocycles. The zero-order valence-electron chi connectivity index (χ0n) is 16.3. The minimum Gasteiger partial charge on any atom is -0.307 e. The predicted octanol–water partition coefficient (Wildman–Crippen LogP) is 2.32. The molecule has 3 rings (SSSR count). The van der Waals surface area contributed by atoms with Crippen molar-refractivity contribution in [1.82, 2.24) is 23.6 Å². The lowest BCUT2D eigenvalue weighted by Gasteiger charge is -2.34. The second kappa shape index (κ2) is 7.83. The second-order valence-electron chi connectivity index (χ2n) is 7.09. The molecule has 1 aromatic carbocycles. The molecule has 7 nitrogen and oxygen atoms in total. The molecule has 0 bridgehead atoms. The third kappa shape index (κ3) is 4.01. The van der Waals surface area contributed by atoms with Crippen LogP contribution in [-0.4, -0.2) is 58.1 Å². The summed E-state index contributed by atoms with van der Waals surface area (Å²) in [5, 5.41) is 4.33. The number of aryl methyl sites for hydroxylation is 4. The smallest absolute Gasteiger partial charge is 0.243 e. The van der Waals surface area contributed by atoms with E-state index in [0.29, 0.717) is 42.5 Å². The number of nitrogens with zero attached hydrogens (tertiary/aromatic N) is 5. The van der Waals surface area contributed by atoms with Crippen LogP contribution in [0, 0.1) is 25.5 Å². The minimum atomic E-state index is -3.48. The Balaban J connectivity index is 1.71. The van der Waals surface area contributed by atoms with E-state index in [1.807, 2.05) is 44.4 Å². The molecule has 0 spiro atoms. The molecule has 2 aromatic rings. The highest BCUT2D eigenvalue weighted by atomic mass is 32.2. The molecule has 0 unspecified atom stereocenters. The fourth-order valence-corrected chi connectivity index (χ4v) is 5.80. The molecule has 0 radical (unpaired) electrons. The van der Waals surface area contributed by atoms with Gasteiger partial charge in [-0.15, -0.1) is 0 Å². The first kappa shape index (κ1) is 20.2. The molecule has 9 heteroatoms. The normalized spacial score (nSPS) is 16.7. The van der Waals surface area contributed by atoms with E-state index in [2.05, 4.69) is 10.00 Å². The van der Waals surface area contributed by atoms with Crippen molar-refractivity contribution in [3.05, 3.63) is 39.9 Å². The van der Waals surface area contributed by atoms with Crippen LogP contribution in [0.3, 0.4) is 0 Å². The molecule has 0 atom stereocenters. The van der Waals surface area contributed by atoms with Gasteiger partial charge in [0.25, 0.3) is 0 Å². The van der Waals surface area contributed by atoms with Gasteiger partial charge >= 0.3 is 0 Å². The molecule has 27 heavy (non-hydrogen) atoms. The van der Waals surface area contributed by atoms with Gasteiger partial charge in [0.15, 0.2) is 4.77 Å². The number of aromatic nitrogens is 3. The van der Waals surface area contributed by atoms with Crippen LogP contribution in [0.4, 0.5) is 0 Å². The highest BCUT2D eigenvalue weighted by Gasteiger charge is 2.31. The van der Waals surface area contributed by atoms with E-state index < -0.39 is 10.0 Å². The topological polar surface area (TPSA) is 63.4 Å². The van der Waals surface area contributed by atoms with Gasteiger partial charge in [0.1, 0.15) is 6.33 Å². The van der Waals surface area contributed by atoms with Gasteiger partial charge in [0.05, 0.1) is 11.6 Å². The number of benzene rings is 1. The van der Waals surface area contributed by atoms with Crippen molar-refractivity contribution in [3.63, 3.8) is 0 Å². The van der Waals surface area contributed by atoms with E-state index in [1.54, 1.807) is 15.3 Å². The molecule has 1 aliphatic rings. The summed E-state index contributed by atoms with van der Waals surface area (Å²) < 4.78 is 32.3. The minimum absolute atomic E-state index is 0.449. The maximum Gasteiger partial charge on any atom is 0.243 e. The van der Waals surface area contributed by atoms with Crippen LogP contribution in [0.15, 0.2) is 23.4 Å².